The van der Waals surface area contributed by atoms with E-state index >= 15 is 0 Å². The molecule has 0 aliphatic heterocycles. The normalized spacial score (nSPS) is 14.2. The summed E-state index contributed by atoms with van der Waals surface area (Å²) in [6.07, 6.45) is 2.13. The summed E-state index contributed by atoms with van der Waals surface area (Å²) >= 11 is 0. The van der Waals surface area contributed by atoms with Crippen LogP contribution in [0.2, 0.25) is 0 Å². The summed E-state index contributed by atoms with van der Waals surface area (Å²) in [7, 11) is 1.22. The fraction of sp³-hybridized carbons (Fsp3) is 0.361. The first-order valence-corrected chi connectivity index (χ1v) is 15.0. The minimum atomic E-state index is -1.23. The molecule has 3 aromatic rings. The molecule has 0 aliphatic carbocycles. The van der Waals surface area contributed by atoms with Crippen LogP contribution >= 0.6 is 0 Å². The summed E-state index contributed by atoms with van der Waals surface area (Å²) in [5.41, 5.74) is 0.787. The zero-order chi connectivity index (χ0) is 33.0. The van der Waals surface area contributed by atoms with Gasteiger partial charge in [-0.1, -0.05) is 87.5 Å². The standard InChI is InChI=1S/C36H43FN2O6/c1-7-44-31(35(42)43-6)28(20-14-15-25-21-22-30(29(37)23-25)45-27-18-12-9-13-19-27)33(40)39-32(36(3,4)5)34(41)38-24(2)26-16-10-8-11-17-26/h8-19,21-24,28,31-32H,7,20H2,1-6H3,(H,38,41)(H,39,40)/b15-14+/t24-,28-,31+,32-/m1/s1. The summed E-state index contributed by atoms with van der Waals surface area (Å²) in [5, 5.41) is 5.86. The topological polar surface area (TPSA) is 103 Å². The minimum absolute atomic E-state index is 0.0500. The van der Waals surface area contributed by atoms with Crippen LogP contribution in [0.15, 0.2) is 84.9 Å². The number of ether oxygens (including phenoxy) is 3. The highest BCUT2D eigenvalue weighted by Crippen LogP contribution is 2.27. The number of para-hydroxylation sites is 1. The lowest BCUT2D eigenvalue weighted by Crippen LogP contribution is -2.56. The first-order valence-electron chi connectivity index (χ1n) is 15.0. The molecule has 3 aromatic carbocycles. The third-order valence-electron chi connectivity index (χ3n) is 7.18. The fourth-order valence-electron chi connectivity index (χ4n) is 4.73. The fourth-order valence-corrected chi connectivity index (χ4v) is 4.73. The molecule has 4 atom stereocenters. The van der Waals surface area contributed by atoms with Crippen LogP contribution in [-0.4, -0.2) is 43.6 Å². The van der Waals surface area contributed by atoms with E-state index in [1.54, 1.807) is 49.4 Å². The molecule has 0 saturated heterocycles. The number of carbonyl (C=O) groups excluding carboxylic acids is 3. The summed E-state index contributed by atoms with van der Waals surface area (Å²) in [6, 6.07) is 21.7. The molecule has 0 saturated carbocycles. The zero-order valence-corrected chi connectivity index (χ0v) is 26.7. The van der Waals surface area contributed by atoms with Gasteiger partial charge < -0.3 is 24.8 Å². The van der Waals surface area contributed by atoms with Gasteiger partial charge in [-0.3, -0.25) is 9.59 Å². The van der Waals surface area contributed by atoms with Crippen LogP contribution in [0.25, 0.3) is 6.08 Å². The molecule has 45 heavy (non-hydrogen) atoms. The Morgan fingerprint density at radius 2 is 1.56 bits per heavy atom. The maximum Gasteiger partial charge on any atom is 0.335 e. The smallest absolute Gasteiger partial charge is 0.335 e. The van der Waals surface area contributed by atoms with Crippen LogP contribution in [-0.2, 0) is 23.9 Å². The molecule has 0 bridgehead atoms. The maximum atomic E-state index is 14.8. The quantitative estimate of drug-likeness (QED) is 0.197. The Bertz CT molecular complexity index is 1440. The van der Waals surface area contributed by atoms with Crippen molar-refractivity contribution in [2.24, 2.45) is 11.3 Å². The third-order valence-corrected chi connectivity index (χ3v) is 7.18. The summed E-state index contributed by atoms with van der Waals surface area (Å²) in [5.74, 6) is -2.64. The molecular weight excluding hydrogens is 575 g/mol. The third kappa shape index (κ3) is 10.3. The van der Waals surface area contributed by atoms with Gasteiger partial charge in [-0.2, -0.15) is 0 Å². The summed E-state index contributed by atoms with van der Waals surface area (Å²) in [4.78, 5) is 40.0. The molecule has 0 heterocycles. The lowest BCUT2D eigenvalue weighted by atomic mass is 9.85. The van der Waals surface area contributed by atoms with E-state index in [9.17, 15) is 18.8 Å². The van der Waals surface area contributed by atoms with Crippen molar-refractivity contribution >= 4 is 23.9 Å². The van der Waals surface area contributed by atoms with E-state index in [1.165, 1.54) is 19.2 Å². The van der Waals surface area contributed by atoms with Crippen molar-refractivity contribution in [3.8, 4) is 11.5 Å². The minimum Gasteiger partial charge on any atom is -0.467 e. The van der Waals surface area contributed by atoms with Crippen molar-refractivity contribution in [3.63, 3.8) is 0 Å². The van der Waals surface area contributed by atoms with E-state index in [1.807, 2.05) is 64.1 Å². The Labute approximate surface area is 265 Å². The summed E-state index contributed by atoms with van der Waals surface area (Å²) < 4.78 is 31.1. The highest BCUT2D eigenvalue weighted by molar-refractivity contribution is 5.92. The molecule has 240 valence electrons. The molecule has 2 amide bonds. The second kappa shape index (κ2) is 16.5. The molecule has 0 aromatic heterocycles. The Morgan fingerprint density at radius 3 is 2.13 bits per heavy atom. The van der Waals surface area contributed by atoms with E-state index < -0.39 is 41.2 Å². The number of carbonyl (C=O) groups is 3. The monoisotopic (exact) mass is 618 g/mol. The maximum absolute atomic E-state index is 14.8. The zero-order valence-electron chi connectivity index (χ0n) is 26.7. The Hall–Kier alpha value is -4.50. The van der Waals surface area contributed by atoms with Crippen molar-refractivity contribution in [1.82, 2.24) is 10.6 Å². The first-order chi connectivity index (χ1) is 21.4. The number of benzene rings is 3. The van der Waals surface area contributed by atoms with Crippen molar-refractivity contribution in [3.05, 3.63) is 102 Å². The molecule has 9 heteroatoms. The van der Waals surface area contributed by atoms with E-state index in [0.29, 0.717) is 11.3 Å². The van der Waals surface area contributed by atoms with Gasteiger partial charge in [0.25, 0.3) is 0 Å². The van der Waals surface area contributed by atoms with Gasteiger partial charge in [-0.25, -0.2) is 9.18 Å². The first kappa shape index (κ1) is 35.0. The largest absolute Gasteiger partial charge is 0.467 e. The molecule has 2 N–H and O–H groups in total. The molecule has 0 radical (unpaired) electrons. The van der Waals surface area contributed by atoms with Crippen molar-refractivity contribution in [1.29, 1.82) is 0 Å². The van der Waals surface area contributed by atoms with E-state index in [4.69, 9.17) is 14.2 Å². The van der Waals surface area contributed by atoms with Gasteiger partial charge in [0.15, 0.2) is 17.7 Å². The SMILES string of the molecule is CCO[C@H](C(=O)OC)[C@@H](C/C=C/c1ccc(Oc2ccccc2)c(F)c1)C(=O)N[C@H](C(=O)N[C@H](C)c1ccccc1)C(C)(C)C. The van der Waals surface area contributed by atoms with Crippen LogP contribution in [0.1, 0.15) is 58.2 Å². The van der Waals surface area contributed by atoms with E-state index in [-0.39, 0.29) is 30.7 Å². The van der Waals surface area contributed by atoms with Crippen molar-refractivity contribution in [2.75, 3.05) is 13.7 Å². The molecule has 0 fully saturated rings. The predicted octanol–water partition coefficient (Wildman–Crippen LogP) is 6.62. The number of esters is 1. The lowest BCUT2D eigenvalue weighted by Gasteiger charge is -2.33. The van der Waals surface area contributed by atoms with Gasteiger partial charge >= 0.3 is 5.97 Å². The molecular formula is C36H43FN2O6. The van der Waals surface area contributed by atoms with Gasteiger partial charge in [-0.05, 0) is 61.1 Å². The predicted molar refractivity (Wildman–Crippen MR) is 172 cm³/mol. The van der Waals surface area contributed by atoms with Crippen LogP contribution in [0.3, 0.4) is 0 Å². The highest BCUT2D eigenvalue weighted by Gasteiger charge is 2.39. The second-order valence-corrected chi connectivity index (χ2v) is 11.7. The van der Waals surface area contributed by atoms with Gasteiger partial charge in [0, 0.05) is 6.61 Å². The molecule has 3 rings (SSSR count). The lowest BCUT2D eigenvalue weighted by molar-refractivity contribution is -0.161. The van der Waals surface area contributed by atoms with E-state index in [0.717, 1.165) is 5.56 Å². The van der Waals surface area contributed by atoms with Crippen LogP contribution in [0.5, 0.6) is 11.5 Å². The molecule has 0 spiro atoms. The molecule has 0 aliphatic rings. The van der Waals surface area contributed by atoms with Crippen LogP contribution in [0.4, 0.5) is 4.39 Å². The Kier molecular flexibility index (Phi) is 12.9. The number of allylic oxidation sites excluding steroid dienone is 1. The number of hydrogen-bond donors (Lipinski definition) is 2. The molecule has 8 nitrogen and oxygen atoms in total. The Morgan fingerprint density at radius 1 is 0.911 bits per heavy atom. The molecule has 0 unspecified atom stereocenters. The number of methoxy groups -OCH3 is 1. The number of halogens is 1. The van der Waals surface area contributed by atoms with Gasteiger partial charge in [0.1, 0.15) is 11.8 Å². The number of nitrogens with one attached hydrogen (secondary N) is 2. The van der Waals surface area contributed by atoms with E-state index in [2.05, 4.69) is 10.6 Å². The van der Waals surface area contributed by atoms with Crippen molar-refractivity contribution in [2.45, 2.75) is 59.2 Å². The van der Waals surface area contributed by atoms with Gasteiger partial charge in [0.05, 0.1) is 19.1 Å². The summed E-state index contributed by atoms with van der Waals surface area (Å²) in [6.45, 7) is 9.27. The highest BCUT2D eigenvalue weighted by atomic mass is 19.1. The number of hydrogen-bond acceptors (Lipinski definition) is 6. The number of amides is 2. The number of rotatable bonds is 14. The van der Waals surface area contributed by atoms with Gasteiger partial charge in [-0.15, -0.1) is 0 Å². The van der Waals surface area contributed by atoms with Crippen LogP contribution in [0, 0.1) is 17.2 Å². The average Bonchev–Trinajstić information content (AvgIpc) is 3.02. The van der Waals surface area contributed by atoms with Gasteiger partial charge in [0.2, 0.25) is 11.8 Å². The van der Waals surface area contributed by atoms with Crippen molar-refractivity contribution < 1.29 is 33.0 Å². The Balaban J connectivity index is 1.81. The van der Waals surface area contributed by atoms with Crippen LogP contribution < -0.4 is 15.4 Å². The average molecular weight is 619 g/mol. The second-order valence-electron chi connectivity index (χ2n) is 11.7.